The van der Waals surface area contributed by atoms with Crippen LogP contribution in [-0.2, 0) is 13.1 Å². The van der Waals surface area contributed by atoms with Crippen LogP contribution in [0.3, 0.4) is 0 Å². The molecule has 0 unspecified atom stereocenters. The molecule has 2 heteroatoms. The third-order valence-electron chi connectivity index (χ3n) is 24.9. The van der Waals surface area contributed by atoms with E-state index in [4.69, 9.17) is 0 Å². The van der Waals surface area contributed by atoms with Crippen LogP contribution in [0.5, 0.6) is 0 Å². The summed E-state index contributed by atoms with van der Waals surface area (Å²) in [5, 5.41) is 15.3. The largest absolute Gasteiger partial charge is 0.341 e. The Morgan fingerprint density at radius 1 is 0.142 bits per heavy atom. The maximum Gasteiger partial charge on any atom is 0.0491 e. The first kappa shape index (κ1) is 72.7. The van der Waals surface area contributed by atoms with Gasteiger partial charge in [-0.05, 0) is 265 Å². The minimum atomic E-state index is 0.910. The molecule has 22 rings (SSSR count). The van der Waals surface area contributed by atoms with E-state index in [2.05, 4.69) is 461 Å². The summed E-state index contributed by atoms with van der Waals surface area (Å²) in [4.78, 5) is 0. The van der Waals surface area contributed by atoms with Gasteiger partial charge in [0.15, 0.2) is 0 Å². The molecule has 120 heavy (non-hydrogen) atoms. The lowest BCUT2D eigenvalue weighted by Crippen LogP contribution is -1.93. The average Bonchev–Trinajstić information content (AvgIpc) is 1.15. The van der Waals surface area contributed by atoms with Crippen molar-refractivity contribution in [1.29, 1.82) is 0 Å². The maximum absolute atomic E-state index is 2.44. The lowest BCUT2D eigenvalue weighted by atomic mass is 9.83. The van der Waals surface area contributed by atoms with Gasteiger partial charge in [-0.3, -0.25) is 0 Å². The molecule has 0 atom stereocenters. The topological polar surface area (TPSA) is 9.86 Å². The highest BCUT2D eigenvalue weighted by molar-refractivity contribution is 6.24. The van der Waals surface area contributed by atoms with E-state index < -0.39 is 0 Å². The first-order valence-electron chi connectivity index (χ1n) is 42.1. The highest BCUT2D eigenvalue weighted by Crippen LogP contribution is 2.50. The van der Waals surface area contributed by atoms with Crippen molar-refractivity contribution in [2.45, 2.75) is 40.8 Å². The number of fused-ring (bicyclic) bond motifs is 10. The molecular formula is C118H86N2. The second-order valence-corrected chi connectivity index (χ2v) is 32.0. The van der Waals surface area contributed by atoms with Crippen LogP contribution in [0, 0.1) is 13.8 Å². The van der Waals surface area contributed by atoms with E-state index in [9.17, 15) is 0 Å². The molecule has 22 aromatic rings. The Balaban J connectivity index is 0.000000159. The highest BCUT2D eigenvalue weighted by atomic mass is 15.0. The second kappa shape index (κ2) is 30.9. The smallest absolute Gasteiger partial charge is 0.0491 e. The molecule has 0 fully saturated rings. The van der Waals surface area contributed by atoms with E-state index in [-0.39, 0.29) is 0 Å². The fourth-order valence-electron chi connectivity index (χ4n) is 19.0. The molecule has 2 heterocycles. The number of hydrogen-bond acceptors (Lipinski definition) is 0. The summed E-state index contributed by atoms with van der Waals surface area (Å²) in [6.07, 6.45) is 0. The zero-order chi connectivity index (χ0) is 80.3. The molecule has 2 nitrogen and oxygen atoms in total. The third-order valence-corrected chi connectivity index (χ3v) is 24.9. The minimum Gasteiger partial charge on any atom is -0.341 e. The molecular weight excluding hydrogens is 1450 g/mol. The van der Waals surface area contributed by atoms with Crippen LogP contribution in [0.25, 0.3) is 220 Å². The van der Waals surface area contributed by atoms with Gasteiger partial charge in [0.25, 0.3) is 0 Å². The quantitative estimate of drug-likeness (QED) is 0.0961. The van der Waals surface area contributed by atoms with Crippen LogP contribution >= 0.6 is 0 Å². The first-order valence-corrected chi connectivity index (χ1v) is 42.1. The van der Waals surface area contributed by atoms with Gasteiger partial charge in [0.1, 0.15) is 0 Å². The van der Waals surface area contributed by atoms with Gasteiger partial charge in [-0.15, -0.1) is 0 Å². The molecule has 0 amide bonds. The Kier molecular flexibility index (Phi) is 18.7. The van der Waals surface area contributed by atoms with Crippen LogP contribution in [0.2, 0.25) is 0 Å². The Morgan fingerprint density at radius 3 is 0.558 bits per heavy atom. The summed E-state index contributed by atoms with van der Waals surface area (Å²) < 4.78 is 4.88. The van der Waals surface area contributed by atoms with Crippen molar-refractivity contribution in [2.24, 2.45) is 0 Å². The zero-order valence-electron chi connectivity index (χ0n) is 67.7. The Bertz CT molecular complexity index is 7630. The lowest BCUT2D eigenvalue weighted by Gasteiger charge is -2.20. The van der Waals surface area contributed by atoms with Crippen molar-refractivity contribution in [2.75, 3.05) is 0 Å². The van der Waals surface area contributed by atoms with Crippen LogP contribution in [0.15, 0.2) is 425 Å². The summed E-state index contributed by atoms with van der Waals surface area (Å²) in [6.45, 7) is 10.7. The first-order chi connectivity index (χ1) is 59.2. The number of benzene rings is 20. The summed E-state index contributed by atoms with van der Waals surface area (Å²) >= 11 is 0. The monoisotopic (exact) mass is 1530 g/mol. The van der Waals surface area contributed by atoms with Crippen LogP contribution in [0.1, 0.15) is 25.0 Å². The van der Waals surface area contributed by atoms with Crippen molar-refractivity contribution in [1.82, 2.24) is 9.13 Å². The van der Waals surface area contributed by atoms with Gasteiger partial charge >= 0.3 is 0 Å². The number of aromatic nitrogens is 2. The van der Waals surface area contributed by atoms with Crippen LogP contribution < -0.4 is 0 Å². The summed E-state index contributed by atoms with van der Waals surface area (Å²) in [5.41, 5.74) is 37.1. The van der Waals surface area contributed by atoms with Gasteiger partial charge in [0.2, 0.25) is 0 Å². The molecule has 0 N–H and O–H groups in total. The highest BCUT2D eigenvalue weighted by Gasteiger charge is 2.23. The second-order valence-electron chi connectivity index (χ2n) is 32.0. The SMILES string of the molecule is CCn1c2ccc(-c3ccccc3)cc2c2cc(-c3ccc(-c4c5ccc(-c6ccccc6)cc5c(-c5ccc(-c6ccc(-c7ccccc7)cc6)cc5)c5ccc(-c6ccccc6)cc45)cc3)ccc21.CCn1c2ccc(-c3ccccc3)cc2c2cc(-c3ccc(-c4c5ccc(C)cc5c(-c5ccccc5)c5ccc(C)cc45)cc3)ccc21. The third kappa shape index (κ3) is 13.2. The molecule has 0 radical (unpaired) electrons. The summed E-state index contributed by atoms with van der Waals surface area (Å²) in [5.74, 6) is 0. The van der Waals surface area contributed by atoms with Crippen molar-refractivity contribution < 1.29 is 0 Å². The van der Waals surface area contributed by atoms with Gasteiger partial charge in [0.05, 0.1) is 0 Å². The fourth-order valence-corrected chi connectivity index (χ4v) is 19.0. The van der Waals surface area contributed by atoms with Gasteiger partial charge in [-0.1, -0.05) is 375 Å². The summed E-state index contributed by atoms with van der Waals surface area (Å²) in [6, 6.07) is 157. The predicted molar refractivity (Wildman–Crippen MR) is 515 cm³/mol. The number of nitrogens with zero attached hydrogens (tertiary/aromatic N) is 2. The molecule has 0 aliphatic rings. The maximum atomic E-state index is 2.44. The lowest BCUT2D eigenvalue weighted by molar-refractivity contribution is 0.827. The van der Waals surface area contributed by atoms with Gasteiger partial charge in [-0.2, -0.15) is 0 Å². The number of rotatable bonds is 14. The van der Waals surface area contributed by atoms with Crippen LogP contribution in [-0.4, -0.2) is 9.13 Å². The standard InChI is InChI=1S/C70H49N.C48H37N/c1-2-71-67-41-37-59(50-21-13-6-14-22-50)43-63(67)64-44-60(38-42-68(64)71)54-29-33-56(34-30-54)70-62-40-36-57(48-17-9-4-10-18-48)45-65(62)69(61-39-35-58(46-66(61)70)49-19-11-5-12-20-49)55-31-27-53(28-32-55)52-25-23-51(24-26-52)47-15-7-3-8-16-47;1-4-49-45-25-21-37(33-11-7-5-8-12-33)29-41(45)42-30-38(22-26-46(42)49)34-17-19-36(20-18-34)48-40-24-16-31(2)27-43(40)47(35-13-9-6-10-14-35)39-23-15-32(3)28-44(39)48/h3-46H,2H2,1H3;5-30H,4H2,1-3H3. The minimum absolute atomic E-state index is 0.910. The summed E-state index contributed by atoms with van der Waals surface area (Å²) in [7, 11) is 0. The van der Waals surface area contributed by atoms with Crippen molar-refractivity contribution in [3.63, 3.8) is 0 Å². The molecule has 2 aromatic heterocycles. The van der Waals surface area contributed by atoms with E-state index in [0.29, 0.717) is 0 Å². The van der Waals surface area contributed by atoms with E-state index in [1.54, 1.807) is 0 Å². The van der Waals surface area contributed by atoms with E-state index >= 15 is 0 Å². The predicted octanol–water partition coefficient (Wildman–Crippen LogP) is 32.9. The van der Waals surface area contributed by atoms with Crippen LogP contribution in [0.4, 0.5) is 0 Å². The Labute approximate surface area is 701 Å². The van der Waals surface area contributed by atoms with Gasteiger partial charge in [-0.25, -0.2) is 0 Å². The van der Waals surface area contributed by atoms with Crippen molar-refractivity contribution in [3.8, 4) is 134 Å². The van der Waals surface area contributed by atoms with E-state index in [0.717, 1.165) is 13.1 Å². The number of aryl methyl sites for hydroxylation is 4. The Morgan fingerprint density at radius 2 is 0.308 bits per heavy atom. The molecule has 0 spiro atoms. The average molecular weight is 1530 g/mol. The van der Waals surface area contributed by atoms with Gasteiger partial charge in [0, 0.05) is 56.7 Å². The van der Waals surface area contributed by atoms with Gasteiger partial charge < -0.3 is 9.13 Å². The fraction of sp³-hybridized carbons (Fsp3) is 0.0508. The molecule has 20 aromatic carbocycles. The normalized spacial score (nSPS) is 11.6. The van der Waals surface area contributed by atoms with E-state index in [1.807, 2.05) is 0 Å². The molecule has 0 aliphatic heterocycles. The zero-order valence-corrected chi connectivity index (χ0v) is 67.7. The molecule has 568 valence electrons. The van der Waals surface area contributed by atoms with E-state index in [1.165, 1.54) is 231 Å². The Hall–Kier alpha value is -15.0. The van der Waals surface area contributed by atoms with Crippen molar-refractivity contribution in [3.05, 3.63) is 436 Å². The number of hydrogen-bond donors (Lipinski definition) is 0. The molecule has 0 saturated carbocycles. The van der Waals surface area contributed by atoms with Crippen molar-refractivity contribution >= 4 is 86.7 Å². The molecule has 0 bridgehead atoms. The molecule has 0 aliphatic carbocycles. The molecule has 0 saturated heterocycles.